The summed E-state index contributed by atoms with van der Waals surface area (Å²) < 4.78 is 9.13. The molecule has 3 aromatic heterocycles. The molecule has 0 saturated heterocycles. The largest absolute Gasteiger partial charge is 0.501 e. The molecule has 0 unspecified atom stereocenters. The first-order valence-electron chi connectivity index (χ1n) is 22.5. The molecule has 0 aliphatic rings. The maximum atomic E-state index is 6.80. The number of fused-ring (bicyclic) bond motifs is 4. The van der Waals surface area contributed by atoms with E-state index >= 15 is 0 Å². The molecule has 5 nitrogen and oxygen atoms in total. The summed E-state index contributed by atoms with van der Waals surface area (Å²) in [7, 11) is 0. The second-order valence-corrected chi connectivity index (χ2v) is 18.7. The van der Waals surface area contributed by atoms with Gasteiger partial charge in [0.25, 0.3) is 0 Å². The molecule has 8 aromatic carbocycles. The fourth-order valence-corrected chi connectivity index (χ4v) is 8.56. The van der Waals surface area contributed by atoms with E-state index in [-0.39, 0.29) is 30.9 Å². The molecule has 0 aliphatic carbocycles. The van der Waals surface area contributed by atoms with Crippen LogP contribution < -0.4 is 0 Å². The minimum Gasteiger partial charge on any atom is -0.501 e. The van der Waals surface area contributed by atoms with Gasteiger partial charge in [0.2, 0.25) is 0 Å². The van der Waals surface area contributed by atoms with Gasteiger partial charge in [0.1, 0.15) is 5.58 Å². The van der Waals surface area contributed by atoms with Crippen molar-refractivity contribution < 1.29 is 24.5 Å². The molecule has 0 saturated carbocycles. The first kappa shape index (κ1) is 44.9. The molecule has 331 valence electrons. The predicted octanol–water partition coefficient (Wildman–Crippen LogP) is 15.9. The number of furan rings is 1. The fourth-order valence-electron chi connectivity index (χ4n) is 8.56. The molecule has 0 bridgehead atoms. The molecule has 0 amide bonds. The average molecular weight is 1050 g/mol. The number of benzene rings is 8. The van der Waals surface area contributed by atoms with Crippen molar-refractivity contribution in [3.63, 3.8) is 0 Å². The minimum atomic E-state index is -0.0717. The number of aromatic nitrogens is 4. The maximum absolute atomic E-state index is 6.80. The number of hydrogen-bond acceptors (Lipinski definition) is 4. The van der Waals surface area contributed by atoms with Crippen LogP contribution in [0.3, 0.4) is 0 Å². The molecule has 6 heteroatoms. The summed E-state index contributed by atoms with van der Waals surface area (Å²) in [5.74, 6) is 1.53. The maximum Gasteiger partial charge on any atom is 0.121 e. The Morgan fingerprint density at radius 1 is 0.522 bits per heavy atom. The normalized spacial score (nSPS) is 11.6. The van der Waals surface area contributed by atoms with Crippen molar-refractivity contribution in [3.8, 4) is 61.8 Å². The molecule has 0 spiro atoms. The van der Waals surface area contributed by atoms with Crippen molar-refractivity contribution >= 4 is 33.0 Å². The van der Waals surface area contributed by atoms with Gasteiger partial charge in [0, 0.05) is 53.9 Å². The van der Waals surface area contributed by atoms with E-state index in [0.717, 1.165) is 101 Å². The fraction of sp³-hybridized carbons (Fsp3) is 0.131. The monoisotopic (exact) mass is 1050 g/mol. The molecular weight excluding hydrogens is 997 g/mol. The van der Waals surface area contributed by atoms with Crippen LogP contribution in [0, 0.1) is 12.1 Å². The standard InChI is InChI=1S/C47H35N2O.C14H15N2.Ir/c1-47(2,3)35-29-39(32-18-9-5-10-19-32)44(40(30-35)33-20-11-6-12-21-33)49-42-25-14-13-24-41(42)48-46(49)38-23-15-22-37-36-27-26-34(28-43(36)50-45(37)38)31-16-7-4-8-17-31;1-14(2,3)12-9-10-15-13(16-12)11-7-5-4-6-8-11;/h4-22,24-30H,1-3H3;4-7,9-10H,1-3H3;/q2*-1;. The van der Waals surface area contributed by atoms with Crippen LogP contribution in [-0.2, 0) is 30.9 Å². The van der Waals surface area contributed by atoms with Gasteiger partial charge in [-0.25, -0.2) is 0 Å². The van der Waals surface area contributed by atoms with E-state index in [4.69, 9.17) is 9.40 Å². The van der Waals surface area contributed by atoms with Crippen LogP contribution in [0.2, 0.25) is 0 Å². The molecule has 1 radical (unpaired) electrons. The minimum absolute atomic E-state index is 0. The Kier molecular flexibility index (Phi) is 12.5. The molecule has 0 fully saturated rings. The predicted molar refractivity (Wildman–Crippen MR) is 273 cm³/mol. The Balaban J connectivity index is 0.000000281. The Bertz CT molecular complexity index is 3410. The number of nitrogens with zero attached hydrogens (tertiary/aromatic N) is 4. The van der Waals surface area contributed by atoms with Gasteiger partial charge in [0.15, 0.2) is 0 Å². The van der Waals surface area contributed by atoms with Crippen molar-refractivity contribution in [1.29, 1.82) is 0 Å². The van der Waals surface area contributed by atoms with E-state index in [9.17, 15) is 0 Å². The Labute approximate surface area is 406 Å². The van der Waals surface area contributed by atoms with Gasteiger partial charge in [-0.1, -0.05) is 168 Å². The third-order valence-electron chi connectivity index (χ3n) is 12.1. The number of para-hydroxylation sites is 2. The Morgan fingerprint density at radius 2 is 1.15 bits per heavy atom. The second kappa shape index (κ2) is 18.6. The van der Waals surface area contributed by atoms with Crippen LogP contribution in [-0.4, -0.2) is 19.5 Å². The number of hydrogen-bond donors (Lipinski definition) is 0. The molecule has 0 N–H and O–H groups in total. The molecule has 11 rings (SSSR count). The zero-order chi connectivity index (χ0) is 45.4. The van der Waals surface area contributed by atoms with E-state index in [2.05, 4.69) is 214 Å². The summed E-state index contributed by atoms with van der Waals surface area (Å²) >= 11 is 0. The quantitative estimate of drug-likeness (QED) is 0.156. The molecular formula is C61H50IrN4O-2. The van der Waals surface area contributed by atoms with Gasteiger partial charge in [-0.3, -0.25) is 15.0 Å². The van der Waals surface area contributed by atoms with Crippen LogP contribution in [0.4, 0.5) is 0 Å². The summed E-state index contributed by atoms with van der Waals surface area (Å²) in [5.41, 5.74) is 15.5. The summed E-state index contributed by atoms with van der Waals surface area (Å²) in [6.45, 7) is 13.3. The third-order valence-corrected chi connectivity index (χ3v) is 12.1. The molecule has 11 aromatic rings. The van der Waals surface area contributed by atoms with Crippen LogP contribution >= 0.6 is 0 Å². The van der Waals surface area contributed by atoms with Crippen molar-refractivity contribution in [1.82, 2.24) is 19.5 Å². The van der Waals surface area contributed by atoms with E-state index in [1.165, 1.54) is 5.56 Å². The van der Waals surface area contributed by atoms with E-state index in [0.29, 0.717) is 0 Å². The summed E-state index contributed by atoms with van der Waals surface area (Å²) in [4.78, 5) is 14.2. The van der Waals surface area contributed by atoms with Crippen molar-refractivity contribution in [2.24, 2.45) is 0 Å². The van der Waals surface area contributed by atoms with E-state index < -0.39 is 0 Å². The first-order chi connectivity index (χ1) is 32.0. The van der Waals surface area contributed by atoms with Gasteiger partial charge in [-0.2, -0.15) is 0 Å². The Hall–Kier alpha value is -7.24. The average Bonchev–Trinajstić information content (AvgIpc) is 3.93. The van der Waals surface area contributed by atoms with Crippen molar-refractivity contribution in [3.05, 3.63) is 218 Å². The van der Waals surface area contributed by atoms with E-state index in [1.54, 1.807) is 0 Å². The molecule has 0 atom stereocenters. The van der Waals surface area contributed by atoms with Crippen LogP contribution in [0.1, 0.15) is 52.8 Å². The summed E-state index contributed by atoms with van der Waals surface area (Å²) in [6.07, 6.45) is 1.81. The number of rotatable bonds is 6. The third kappa shape index (κ3) is 9.03. The van der Waals surface area contributed by atoms with Crippen LogP contribution in [0.25, 0.3) is 94.8 Å². The molecule has 67 heavy (non-hydrogen) atoms. The zero-order valence-electron chi connectivity index (χ0n) is 38.5. The molecule has 0 aliphatic heterocycles. The smallest absolute Gasteiger partial charge is 0.121 e. The van der Waals surface area contributed by atoms with Crippen molar-refractivity contribution in [2.75, 3.05) is 0 Å². The van der Waals surface area contributed by atoms with Crippen LogP contribution in [0.15, 0.2) is 199 Å². The van der Waals surface area contributed by atoms with Gasteiger partial charge in [-0.05, 0) is 69.6 Å². The van der Waals surface area contributed by atoms with Gasteiger partial charge >= 0.3 is 0 Å². The van der Waals surface area contributed by atoms with Crippen molar-refractivity contribution in [2.45, 2.75) is 52.4 Å². The van der Waals surface area contributed by atoms with Gasteiger partial charge in [0.05, 0.1) is 34.0 Å². The van der Waals surface area contributed by atoms with Gasteiger partial charge < -0.3 is 8.98 Å². The number of imidazole rings is 1. The zero-order valence-corrected chi connectivity index (χ0v) is 40.9. The topological polar surface area (TPSA) is 56.7 Å². The summed E-state index contributed by atoms with van der Waals surface area (Å²) in [6, 6.07) is 72.0. The molecule has 3 heterocycles. The Morgan fingerprint density at radius 3 is 1.78 bits per heavy atom. The summed E-state index contributed by atoms with van der Waals surface area (Å²) in [5, 5.41) is 2.11. The van der Waals surface area contributed by atoms with E-state index in [1.807, 2.05) is 48.7 Å². The second-order valence-electron chi connectivity index (χ2n) is 18.7. The van der Waals surface area contributed by atoms with Gasteiger partial charge in [-0.15, -0.1) is 54.1 Å². The van der Waals surface area contributed by atoms with Crippen LogP contribution in [0.5, 0.6) is 0 Å². The SMILES string of the molecule is CC(C)(C)c1cc(-c2ccccc2)c(-n2c(-c3[c-]ccc4c3oc3cc(-c5ccccc5)ccc34)nc3ccccc32)c(-c2ccccc2)c1.CC(C)(C)c1ccnc(-c2[c-]cccc2)n1.[Ir]. The first-order valence-corrected chi connectivity index (χ1v) is 22.5.